The third kappa shape index (κ3) is 3.39. The van der Waals surface area contributed by atoms with Gasteiger partial charge in [0.2, 0.25) is 5.91 Å². The molecule has 2 atom stereocenters. The van der Waals surface area contributed by atoms with Gasteiger partial charge in [-0.15, -0.1) is 0 Å². The molecule has 7 heteroatoms. The van der Waals surface area contributed by atoms with Crippen molar-refractivity contribution in [3.63, 3.8) is 0 Å². The van der Waals surface area contributed by atoms with Gasteiger partial charge in [-0.3, -0.25) is 4.79 Å². The van der Waals surface area contributed by atoms with E-state index in [1.165, 1.54) is 12.1 Å². The first-order valence-electron chi connectivity index (χ1n) is 10.2. The highest BCUT2D eigenvalue weighted by atomic mass is 79.9. The number of oxime groups is 1. The van der Waals surface area contributed by atoms with Gasteiger partial charge in [0, 0.05) is 22.0 Å². The molecule has 0 heterocycles. The van der Waals surface area contributed by atoms with E-state index >= 15 is 0 Å². The number of hydrogen-bond donors (Lipinski definition) is 1. The Kier molecular flexibility index (Phi) is 5.28. The second-order valence-corrected chi connectivity index (χ2v) is 10.0. The summed E-state index contributed by atoms with van der Waals surface area (Å²) >= 11 is 3.34. The number of nitrogens with one attached hydrogen (secondary N) is 1. The van der Waals surface area contributed by atoms with Gasteiger partial charge in [0.1, 0.15) is 5.82 Å². The SMILES string of the molecule is CC12CCC(C(=O)Nc3ccc(F)cc3)(C/C1=N\OC(=O)c1ccc(Br)cc1)C2(C)C. The van der Waals surface area contributed by atoms with Crippen molar-refractivity contribution >= 4 is 39.2 Å². The van der Waals surface area contributed by atoms with Crippen LogP contribution < -0.4 is 5.32 Å². The van der Waals surface area contributed by atoms with Gasteiger partial charge in [-0.05, 0) is 66.8 Å². The summed E-state index contributed by atoms with van der Waals surface area (Å²) in [5.41, 5.74) is 0.239. The number of benzene rings is 2. The van der Waals surface area contributed by atoms with E-state index in [9.17, 15) is 14.0 Å². The van der Waals surface area contributed by atoms with Gasteiger partial charge in [0.15, 0.2) is 0 Å². The van der Waals surface area contributed by atoms with Crippen molar-refractivity contribution in [2.45, 2.75) is 40.0 Å². The van der Waals surface area contributed by atoms with Crippen LogP contribution in [0.25, 0.3) is 0 Å². The van der Waals surface area contributed by atoms with E-state index in [1.54, 1.807) is 36.4 Å². The summed E-state index contributed by atoms with van der Waals surface area (Å²) in [6.45, 7) is 6.23. The van der Waals surface area contributed by atoms with Crippen molar-refractivity contribution < 1.29 is 18.8 Å². The van der Waals surface area contributed by atoms with Crippen LogP contribution >= 0.6 is 15.9 Å². The standard InChI is InChI=1S/C24H24BrFN2O3/c1-22(2)23(3)12-13-24(22,21(30)27-18-10-8-17(26)9-11-18)14-19(23)28-31-20(29)15-4-6-16(25)7-5-15/h4-11H,12-14H2,1-3H3,(H,27,30)/b28-19+. The molecule has 0 spiro atoms. The monoisotopic (exact) mass is 486 g/mol. The van der Waals surface area contributed by atoms with E-state index in [4.69, 9.17) is 4.84 Å². The molecule has 2 bridgehead atoms. The molecule has 2 aromatic carbocycles. The molecule has 0 saturated heterocycles. The van der Waals surface area contributed by atoms with E-state index in [0.717, 1.165) is 16.6 Å². The Balaban J connectivity index is 1.57. The zero-order chi connectivity index (χ0) is 22.4. The maximum atomic E-state index is 13.4. The largest absolute Gasteiger partial charge is 0.365 e. The van der Waals surface area contributed by atoms with Gasteiger partial charge in [-0.1, -0.05) is 41.9 Å². The van der Waals surface area contributed by atoms with E-state index in [1.807, 2.05) is 0 Å². The number of rotatable bonds is 4. The van der Waals surface area contributed by atoms with Crippen LogP contribution in [0.3, 0.4) is 0 Å². The van der Waals surface area contributed by atoms with Crippen LogP contribution in [-0.4, -0.2) is 17.6 Å². The van der Waals surface area contributed by atoms with Crippen LogP contribution in [0.5, 0.6) is 0 Å². The van der Waals surface area contributed by atoms with Gasteiger partial charge < -0.3 is 10.2 Å². The van der Waals surface area contributed by atoms with E-state index in [2.05, 4.69) is 47.2 Å². The Morgan fingerprint density at radius 2 is 1.68 bits per heavy atom. The lowest BCUT2D eigenvalue weighted by Gasteiger charge is -2.39. The molecule has 2 aliphatic carbocycles. The zero-order valence-corrected chi connectivity index (χ0v) is 19.3. The number of amides is 1. The molecule has 2 unspecified atom stereocenters. The summed E-state index contributed by atoms with van der Waals surface area (Å²) in [4.78, 5) is 31.1. The fraction of sp³-hybridized carbons (Fsp3) is 0.375. The molecule has 4 rings (SSSR count). The van der Waals surface area contributed by atoms with Crippen LogP contribution in [0.4, 0.5) is 10.1 Å². The van der Waals surface area contributed by atoms with Gasteiger partial charge in [-0.2, -0.15) is 0 Å². The predicted octanol–water partition coefficient (Wildman–Crippen LogP) is 5.96. The van der Waals surface area contributed by atoms with Gasteiger partial charge >= 0.3 is 5.97 Å². The lowest BCUT2D eigenvalue weighted by Crippen LogP contribution is -2.43. The minimum absolute atomic E-state index is 0.114. The van der Waals surface area contributed by atoms with Gasteiger partial charge in [-0.25, -0.2) is 9.18 Å². The van der Waals surface area contributed by atoms with E-state index in [0.29, 0.717) is 24.1 Å². The van der Waals surface area contributed by atoms with E-state index in [-0.39, 0.29) is 17.1 Å². The molecule has 1 amide bonds. The molecule has 0 aliphatic heterocycles. The quantitative estimate of drug-likeness (QED) is 0.428. The molecule has 1 N–H and O–H groups in total. The fourth-order valence-electron chi connectivity index (χ4n) is 5.04. The lowest BCUT2D eigenvalue weighted by atomic mass is 9.64. The second-order valence-electron chi connectivity index (χ2n) is 9.10. The van der Waals surface area contributed by atoms with Crippen LogP contribution in [0, 0.1) is 22.1 Å². The zero-order valence-electron chi connectivity index (χ0n) is 17.7. The molecule has 2 aromatic rings. The molecular formula is C24H24BrFN2O3. The summed E-state index contributed by atoms with van der Waals surface area (Å²) < 4.78 is 14.1. The first-order chi connectivity index (χ1) is 14.6. The summed E-state index contributed by atoms with van der Waals surface area (Å²) in [7, 11) is 0. The summed E-state index contributed by atoms with van der Waals surface area (Å²) in [5.74, 6) is -1.00. The highest BCUT2D eigenvalue weighted by Crippen LogP contribution is 2.71. The number of carbonyl (C=O) groups excluding carboxylic acids is 2. The molecule has 2 aliphatic rings. The van der Waals surface area contributed by atoms with Crippen LogP contribution in [0.1, 0.15) is 50.4 Å². The van der Waals surface area contributed by atoms with Gasteiger partial charge in [0.05, 0.1) is 16.7 Å². The van der Waals surface area contributed by atoms with Crippen molar-refractivity contribution in [1.82, 2.24) is 0 Å². The summed E-state index contributed by atoms with van der Waals surface area (Å²) in [5, 5.41) is 7.19. The molecule has 0 aromatic heterocycles. The molecule has 162 valence electrons. The van der Waals surface area contributed by atoms with E-state index < -0.39 is 16.8 Å². The molecule has 0 radical (unpaired) electrons. The number of hydrogen-bond acceptors (Lipinski definition) is 4. The number of nitrogens with zero attached hydrogens (tertiary/aromatic N) is 1. The Bertz CT molecular complexity index is 1070. The molecule has 2 fully saturated rings. The van der Waals surface area contributed by atoms with Crippen molar-refractivity contribution in [2.24, 2.45) is 21.4 Å². The summed E-state index contributed by atoms with van der Waals surface area (Å²) in [6, 6.07) is 12.6. The Morgan fingerprint density at radius 3 is 2.32 bits per heavy atom. The van der Waals surface area contributed by atoms with Crippen molar-refractivity contribution in [3.05, 3.63) is 64.4 Å². The smallest absolute Gasteiger partial charge is 0.326 e. The molecule has 5 nitrogen and oxygen atoms in total. The number of fused-ring (bicyclic) bond motifs is 2. The normalized spacial score (nSPS) is 27.3. The summed E-state index contributed by atoms with van der Waals surface area (Å²) in [6.07, 6.45) is 1.89. The maximum absolute atomic E-state index is 13.4. The maximum Gasteiger partial charge on any atom is 0.365 e. The second kappa shape index (κ2) is 7.55. The van der Waals surface area contributed by atoms with Crippen LogP contribution in [-0.2, 0) is 9.63 Å². The number of halogens is 2. The number of carbonyl (C=O) groups is 2. The minimum Gasteiger partial charge on any atom is -0.326 e. The number of anilines is 1. The van der Waals surface area contributed by atoms with Gasteiger partial charge in [0.25, 0.3) is 0 Å². The Labute approximate surface area is 189 Å². The van der Waals surface area contributed by atoms with Crippen LogP contribution in [0.2, 0.25) is 0 Å². The Morgan fingerprint density at radius 1 is 1.03 bits per heavy atom. The first kappa shape index (κ1) is 21.7. The average molecular weight is 487 g/mol. The highest BCUT2D eigenvalue weighted by molar-refractivity contribution is 9.10. The highest BCUT2D eigenvalue weighted by Gasteiger charge is 2.71. The minimum atomic E-state index is -0.682. The molecule has 2 saturated carbocycles. The first-order valence-corrected chi connectivity index (χ1v) is 11.0. The fourth-order valence-corrected chi connectivity index (χ4v) is 5.31. The predicted molar refractivity (Wildman–Crippen MR) is 120 cm³/mol. The van der Waals surface area contributed by atoms with Crippen molar-refractivity contribution in [1.29, 1.82) is 0 Å². The Hall–Kier alpha value is -2.54. The third-order valence-corrected chi connectivity index (χ3v) is 8.12. The van der Waals surface area contributed by atoms with Crippen LogP contribution in [0.15, 0.2) is 58.2 Å². The van der Waals surface area contributed by atoms with Crippen molar-refractivity contribution in [2.75, 3.05) is 5.32 Å². The molecular weight excluding hydrogens is 463 g/mol. The lowest BCUT2D eigenvalue weighted by molar-refractivity contribution is -0.130. The van der Waals surface area contributed by atoms with Crippen molar-refractivity contribution in [3.8, 4) is 0 Å². The topological polar surface area (TPSA) is 67.8 Å². The third-order valence-electron chi connectivity index (χ3n) is 7.59. The molecule has 31 heavy (non-hydrogen) atoms. The average Bonchev–Trinajstić information content (AvgIpc) is 3.05.